The van der Waals surface area contributed by atoms with Gasteiger partial charge in [-0.1, -0.05) is 11.8 Å². The lowest BCUT2D eigenvalue weighted by molar-refractivity contribution is -0.117. The Hall–Kier alpha value is -0.510. The minimum atomic E-state index is -0.231. The second kappa shape index (κ2) is 1.54. The standard InChI is InChI=1S/C3H3NO2S/c5-2-1-7-3(6)4-2/h1H2,(H,4,5,6)/i3+1. The molecule has 0 aromatic rings. The minimum absolute atomic E-state index is 0.185. The SMILES string of the molecule is O=C1CS[13C](=O)N1. The predicted octanol–water partition coefficient (Wildman–Crippen LogP) is -0.0306. The predicted molar refractivity (Wildman–Crippen MR) is 26.0 cm³/mol. The van der Waals surface area contributed by atoms with Crippen LogP contribution in [0.4, 0.5) is 4.79 Å². The fourth-order valence-corrected chi connectivity index (χ4v) is 0.837. The third kappa shape index (κ3) is 0.928. The van der Waals surface area contributed by atoms with Crippen molar-refractivity contribution < 1.29 is 9.59 Å². The molecule has 0 bridgehead atoms. The number of carbonyl (C=O) groups is 2. The summed E-state index contributed by atoms with van der Waals surface area (Å²) >= 11 is 1.01. The van der Waals surface area contributed by atoms with E-state index in [9.17, 15) is 9.59 Å². The number of thioether (sulfide) groups is 1. The van der Waals surface area contributed by atoms with Crippen LogP contribution < -0.4 is 5.32 Å². The normalized spacial score (nSPS) is 20.0. The highest BCUT2D eigenvalue weighted by atomic mass is 32.2. The third-order valence-electron chi connectivity index (χ3n) is 0.576. The van der Waals surface area contributed by atoms with E-state index < -0.39 is 0 Å². The van der Waals surface area contributed by atoms with Gasteiger partial charge in [-0.25, -0.2) is 0 Å². The molecule has 2 amide bonds. The Morgan fingerprint density at radius 3 is 2.43 bits per heavy atom. The number of amides is 2. The topological polar surface area (TPSA) is 46.2 Å². The Balaban J connectivity index is 2.55. The highest BCUT2D eigenvalue weighted by molar-refractivity contribution is 8.14. The lowest BCUT2D eigenvalue weighted by atomic mass is 10.7. The zero-order chi connectivity index (χ0) is 5.28. The van der Waals surface area contributed by atoms with Crippen LogP contribution in [0.1, 0.15) is 0 Å². The highest BCUT2D eigenvalue weighted by Gasteiger charge is 2.16. The molecule has 0 aromatic carbocycles. The first-order chi connectivity index (χ1) is 3.29. The smallest absolute Gasteiger partial charge is 0.286 e. The van der Waals surface area contributed by atoms with Gasteiger partial charge in [0.1, 0.15) is 0 Å². The number of carbonyl (C=O) groups excluding carboxylic acids is 2. The zero-order valence-electron chi connectivity index (χ0n) is 3.43. The van der Waals surface area contributed by atoms with Crippen LogP contribution in [-0.4, -0.2) is 16.9 Å². The average Bonchev–Trinajstić information content (AvgIpc) is 1.87. The van der Waals surface area contributed by atoms with Crippen LogP contribution in [0.25, 0.3) is 0 Å². The molecule has 1 aliphatic heterocycles. The van der Waals surface area contributed by atoms with E-state index in [2.05, 4.69) is 5.32 Å². The fraction of sp³-hybridized carbons (Fsp3) is 0.333. The van der Waals surface area contributed by atoms with Crippen molar-refractivity contribution >= 4 is 22.9 Å². The Kier molecular flexibility index (Phi) is 1.02. The Morgan fingerprint density at radius 2 is 2.29 bits per heavy atom. The van der Waals surface area contributed by atoms with Crippen LogP contribution in [0.3, 0.4) is 0 Å². The first-order valence-corrected chi connectivity index (χ1v) is 2.74. The van der Waals surface area contributed by atoms with Crippen LogP contribution >= 0.6 is 11.8 Å². The molecular formula is C3H3NO2S. The quantitative estimate of drug-likeness (QED) is 0.454. The van der Waals surface area contributed by atoms with Gasteiger partial charge in [0.05, 0.1) is 5.75 Å². The Morgan fingerprint density at radius 1 is 1.57 bits per heavy atom. The average molecular weight is 118 g/mol. The van der Waals surface area contributed by atoms with Crippen LogP contribution in [0, 0.1) is 0 Å². The highest BCUT2D eigenvalue weighted by Crippen LogP contribution is 2.06. The molecule has 7 heavy (non-hydrogen) atoms. The van der Waals surface area contributed by atoms with Crippen molar-refractivity contribution in [3.63, 3.8) is 0 Å². The molecule has 0 radical (unpaired) electrons. The van der Waals surface area contributed by atoms with Crippen LogP contribution in [-0.2, 0) is 4.79 Å². The first-order valence-electron chi connectivity index (χ1n) is 1.75. The van der Waals surface area contributed by atoms with Gasteiger partial charge in [-0.2, -0.15) is 0 Å². The van der Waals surface area contributed by atoms with Crippen molar-refractivity contribution in [1.82, 2.24) is 5.32 Å². The number of hydrogen-bond donors (Lipinski definition) is 1. The molecule has 1 N–H and O–H groups in total. The first kappa shape index (κ1) is 4.64. The maximum absolute atomic E-state index is 10.1. The van der Waals surface area contributed by atoms with Gasteiger partial charge < -0.3 is 0 Å². The van der Waals surface area contributed by atoms with E-state index in [-0.39, 0.29) is 11.1 Å². The van der Waals surface area contributed by atoms with E-state index in [4.69, 9.17) is 0 Å². The van der Waals surface area contributed by atoms with Crippen LogP contribution in [0.15, 0.2) is 0 Å². The van der Waals surface area contributed by atoms with Crippen molar-refractivity contribution in [2.45, 2.75) is 0 Å². The molecule has 0 spiro atoms. The summed E-state index contributed by atoms with van der Waals surface area (Å²) in [5, 5.41) is 1.87. The number of rotatable bonds is 0. The second-order valence-corrected chi connectivity index (χ2v) is 2.07. The molecule has 0 saturated carbocycles. The maximum atomic E-state index is 10.1. The molecule has 1 rings (SSSR count). The third-order valence-corrected chi connectivity index (χ3v) is 1.35. The van der Waals surface area contributed by atoms with Gasteiger partial charge in [0.15, 0.2) is 0 Å². The van der Waals surface area contributed by atoms with E-state index in [1.165, 1.54) is 0 Å². The summed E-state index contributed by atoms with van der Waals surface area (Å²) in [7, 11) is 0. The lowest BCUT2D eigenvalue weighted by Crippen LogP contribution is -2.18. The summed E-state index contributed by atoms with van der Waals surface area (Å²) < 4.78 is 0. The Bertz CT molecular complexity index is 108. The van der Waals surface area contributed by atoms with Gasteiger partial charge >= 0.3 is 0 Å². The zero-order valence-corrected chi connectivity index (χ0v) is 4.25. The van der Waals surface area contributed by atoms with Gasteiger partial charge in [-0.05, 0) is 0 Å². The fourth-order valence-electron chi connectivity index (χ4n) is 0.317. The Labute approximate surface area is 44.5 Å². The summed E-state index contributed by atoms with van der Waals surface area (Å²) in [4.78, 5) is 20.2. The summed E-state index contributed by atoms with van der Waals surface area (Å²) in [6.45, 7) is 0. The number of nitrogens with one attached hydrogen (secondary N) is 1. The van der Waals surface area contributed by atoms with Crippen molar-refractivity contribution in [3.8, 4) is 0 Å². The molecule has 0 aliphatic carbocycles. The molecular weight excluding hydrogens is 115 g/mol. The van der Waals surface area contributed by atoms with Gasteiger partial charge in [-0.3, -0.25) is 14.9 Å². The van der Waals surface area contributed by atoms with E-state index in [0.717, 1.165) is 11.8 Å². The number of imide groups is 1. The van der Waals surface area contributed by atoms with Crippen molar-refractivity contribution in [3.05, 3.63) is 0 Å². The van der Waals surface area contributed by atoms with Gasteiger partial charge in [-0.15, -0.1) is 0 Å². The molecule has 0 unspecified atom stereocenters. The van der Waals surface area contributed by atoms with Crippen molar-refractivity contribution in [2.75, 3.05) is 5.75 Å². The molecule has 4 heteroatoms. The summed E-state index contributed by atoms with van der Waals surface area (Å²) in [5.41, 5.74) is 0. The molecule has 38 valence electrons. The van der Waals surface area contributed by atoms with Gasteiger partial charge in [0.25, 0.3) is 5.24 Å². The van der Waals surface area contributed by atoms with Crippen molar-refractivity contribution in [2.24, 2.45) is 0 Å². The summed E-state index contributed by atoms with van der Waals surface area (Å²) in [6.07, 6.45) is 0. The lowest BCUT2D eigenvalue weighted by Gasteiger charge is -1.77. The van der Waals surface area contributed by atoms with Crippen LogP contribution in [0.2, 0.25) is 0 Å². The molecule has 1 heterocycles. The van der Waals surface area contributed by atoms with E-state index in [1.54, 1.807) is 0 Å². The van der Waals surface area contributed by atoms with Crippen LogP contribution in [0.5, 0.6) is 0 Å². The monoisotopic (exact) mass is 118 g/mol. The molecule has 3 nitrogen and oxygen atoms in total. The molecule has 1 aliphatic rings. The second-order valence-electron chi connectivity index (χ2n) is 1.12. The molecule has 1 fully saturated rings. The van der Waals surface area contributed by atoms with E-state index >= 15 is 0 Å². The number of hydrogen-bond acceptors (Lipinski definition) is 3. The summed E-state index contributed by atoms with van der Waals surface area (Å²) in [6, 6.07) is 0. The maximum Gasteiger partial charge on any atom is 0.286 e. The van der Waals surface area contributed by atoms with Gasteiger partial charge in [0.2, 0.25) is 5.91 Å². The van der Waals surface area contributed by atoms with Crippen molar-refractivity contribution in [1.29, 1.82) is 0 Å². The molecule has 1 saturated heterocycles. The minimum Gasteiger partial charge on any atom is -0.286 e. The largest absolute Gasteiger partial charge is 0.286 e. The van der Waals surface area contributed by atoms with E-state index in [0.29, 0.717) is 5.75 Å². The summed E-state index contributed by atoms with van der Waals surface area (Å²) in [5.74, 6) is 0.105. The van der Waals surface area contributed by atoms with Gasteiger partial charge in [0, 0.05) is 0 Å². The van der Waals surface area contributed by atoms with E-state index in [1.807, 2.05) is 0 Å². The molecule has 0 aromatic heterocycles. The molecule has 0 atom stereocenters.